The van der Waals surface area contributed by atoms with Crippen LogP contribution in [0.25, 0.3) is 11.5 Å². The molecule has 0 aliphatic heterocycles. The number of hydrogen-bond donors (Lipinski definition) is 2. The number of halogens is 2. The minimum atomic E-state index is -0.388. The SMILES string of the molecule is Cc1nc(C)c(-c2csc(Nc3ccc(CNc4ccc(Cl)cc4F)cn3)n2)o1. The lowest BCUT2D eigenvalue weighted by molar-refractivity contribution is 0.532. The second-order valence-corrected chi connectivity index (χ2v) is 7.63. The summed E-state index contributed by atoms with van der Waals surface area (Å²) in [6.45, 7) is 4.14. The highest BCUT2D eigenvalue weighted by Gasteiger charge is 2.13. The number of oxazole rings is 1. The van der Waals surface area contributed by atoms with Gasteiger partial charge in [0.15, 0.2) is 16.8 Å². The van der Waals surface area contributed by atoms with Crippen LogP contribution < -0.4 is 10.6 Å². The lowest BCUT2D eigenvalue weighted by Crippen LogP contribution is -2.02. The molecule has 0 atom stereocenters. The van der Waals surface area contributed by atoms with Crippen molar-refractivity contribution < 1.29 is 8.81 Å². The van der Waals surface area contributed by atoms with Crippen LogP contribution in [0.3, 0.4) is 0 Å². The fourth-order valence-corrected chi connectivity index (χ4v) is 3.60. The Hall–Kier alpha value is -2.97. The molecule has 0 saturated heterocycles. The van der Waals surface area contributed by atoms with Crippen LogP contribution in [0.15, 0.2) is 46.3 Å². The van der Waals surface area contributed by atoms with Gasteiger partial charge in [0.1, 0.15) is 17.3 Å². The molecule has 0 amide bonds. The molecular formula is C20H17ClFN5OS. The van der Waals surface area contributed by atoms with Gasteiger partial charge in [-0.15, -0.1) is 11.3 Å². The normalized spacial score (nSPS) is 10.9. The van der Waals surface area contributed by atoms with E-state index in [0.717, 1.165) is 17.0 Å². The number of anilines is 3. The van der Waals surface area contributed by atoms with Crippen molar-refractivity contribution in [2.45, 2.75) is 20.4 Å². The number of pyridine rings is 1. The first-order valence-electron chi connectivity index (χ1n) is 8.79. The Morgan fingerprint density at radius 2 is 2.03 bits per heavy atom. The zero-order valence-corrected chi connectivity index (χ0v) is 17.2. The fourth-order valence-electron chi connectivity index (χ4n) is 2.75. The third kappa shape index (κ3) is 4.55. The van der Waals surface area contributed by atoms with Gasteiger partial charge in [0.05, 0.1) is 11.4 Å². The molecule has 0 saturated carbocycles. The Bertz CT molecular complexity index is 1140. The second kappa shape index (κ2) is 8.18. The van der Waals surface area contributed by atoms with Crippen LogP contribution in [0.2, 0.25) is 5.02 Å². The topological polar surface area (TPSA) is 75.9 Å². The van der Waals surface area contributed by atoms with Crippen molar-refractivity contribution in [2.24, 2.45) is 0 Å². The Morgan fingerprint density at radius 3 is 2.72 bits per heavy atom. The van der Waals surface area contributed by atoms with E-state index >= 15 is 0 Å². The first-order valence-corrected chi connectivity index (χ1v) is 10.0. The Labute approximate surface area is 175 Å². The van der Waals surface area contributed by atoms with Crippen molar-refractivity contribution in [3.63, 3.8) is 0 Å². The first-order chi connectivity index (χ1) is 14.0. The van der Waals surface area contributed by atoms with E-state index in [4.69, 9.17) is 16.0 Å². The molecule has 2 N–H and O–H groups in total. The summed E-state index contributed by atoms with van der Waals surface area (Å²) in [5.41, 5.74) is 2.86. The van der Waals surface area contributed by atoms with Crippen LogP contribution in [-0.2, 0) is 6.54 Å². The van der Waals surface area contributed by atoms with Crippen molar-refractivity contribution in [3.05, 3.63) is 69.9 Å². The molecule has 3 heterocycles. The van der Waals surface area contributed by atoms with Gasteiger partial charge in [-0.3, -0.25) is 0 Å². The molecule has 0 unspecified atom stereocenters. The van der Waals surface area contributed by atoms with Crippen LogP contribution in [-0.4, -0.2) is 15.0 Å². The van der Waals surface area contributed by atoms with Gasteiger partial charge in [-0.05, 0) is 36.8 Å². The molecule has 6 nitrogen and oxygen atoms in total. The van der Waals surface area contributed by atoms with Crippen molar-refractivity contribution in [1.82, 2.24) is 15.0 Å². The predicted octanol–water partition coefficient (Wildman–Crippen LogP) is 5.96. The molecular weight excluding hydrogens is 413 g/mol. The van der Waals surface area contributed by atoms with Gasteiger partial charge >= 0.3 is 0 Å². The maximum Gasteiger partial charge on any atom is 0.192 e. The standard InChI is InChI=1S/C20H17ClFN5OS/c1-11-19(28-12(2)25-11)17-10-29-20(26-17)27-18-6-3-13(9-24-18)8-23-16-5-4-14(21)7-15(16)22/h3-7,9-10,23H,8H2,1-2H3,(H,24,26,27). The van der Waals surface area contributed by atoms with Gasteiger partial charge < -0.3 is 15.1 Å². The summed E-state index contributed by atoms with van der Waals surface area (Å²) in [6.07, 6.45) is 1.72. The molecule has 3 aromatic heterocycles. The maximum absolute atomic E-state index is 13.8. The van der Waals surface area contributed by atoms with Crippen LogP contribution in [0.5, 0.6) is 0 Å². The lowest BCUT2D eigenvalue weighted by Gasteiger charge is -2.08. The Morgan fingerprint density at radius 1 is 1.17 bits per heavy atom. The smallest absolute Gasteiger partial charge is 0.192 e. The van der Waals surface area contributed by atoms with E-state index in [1.54, 1.807) is 18.3 Å². The predicted molar refractivity (Wildman–Crippen MR) is 113 cm³/mol. The van der Waals surface area contributed by atoms with Crippen LogP contribution in [0, 0.1) is 19.7 Å². The zero-order valence-electron chi connectivity index (χ0n) is 15.7. The molecule has 4 rings (SSSR count). The molecule has 148 valence electrons. The minimum Gasteiger partial charge on any atom is -0.439 e. The number of nitrogens with zero attached hydrogens (tertiary/aromatic N) is 3. The van der Waals surface area contributed by atoms with Gasteiger partial charge in [0, 0.05) is 30.1 Å². The highest BCUT2D eigenvalue weighted by atomic mass is 35.5. The average Bonchev–Trinajstić information content (AvgIpc) is 3.28. The summed E-state index contributed by atoms with van der Waals surface area (Å²) in [6, 6.07) is 8.29. The van der Waals surface area contributed by atoms with Gasteiger partial charge in [0.25, 0.3) is 0 Å². The zero-order chi connectivity index (χ0) is 20.4. The van der Waals surface area contributed by atoms with Crippen molar-refractivity contribution >= 4 is 39.6 Å². The minimum absolute atomic E-state index is 0.365. The summed E-state index contributed by atoms with van der Waals surface area (Å²) < 4.78 is 19.4. The third-order valence-electron chi connectivity index (χ3n) is 4.11. The number of rotatable bonds is 6. The summed E-state index contributed by atoms with van der Waals surface area (Å²) in [7, 11) is 0. The number of nitrogens with one attached hydrogen (secondary N) is 2. The molecule has 1 aromatic carbocycles. The van der Waals surface area contributed by atoms with E-state index in [-0.39, 0.29) is 5.82 Å². The average molecular weight is 430 g/mol. The summed E-state index contributed by atoms with van der Waals surface area (Å²) in [4.78, 5) is 13.2. The van der Waals surface area contributed by atoms with E-state index in [0.29, 0.717) is 39.9 Å². The molecule has 0 bridgehead atoms. The van der Waals surface area contributed by atoms with Gasteiger partial charge in [-0.25, -0.2) is 19.3 Å². The molecule has 9 heteroatoms. The fraction of sp³-hybridized carbons (Fsp3) is 0.150. The van der Waals surface area contributed by atoms with Crippen molar-refractivity contribution in [1.29, 1.82) is 0 Å². The van der Waals surface area contributed by atoms with Crippen LogP contribution in [0.4, 0.5) is 21.0 Å². The number of aryl methyl sites for hydroxylation is 2. The summed E-state index contributed by atoms with van der Waals surface area (Å²) in [5, 5.41) is 9.19. The first kappa shape index (κ1) is 19.4. The van der Waals surface area contributed by atoms with E-state index in [2.05, 4.69) is 25.6 Å². The van der Waals surface area contributed by atoms with Crippen LogP contribution >= 0.6 is 22.9 Å². The van der Waals surface area contributed by atoms with Gasteiger partial charge in [0.2, 0.25) is 0 Å². The molecule has 29 heavy (non-hydrogen) atoms. The monoisotopic (exact) mass is 429 g/mol. The molecule has 0 radical (unpaired) electrons. The van der Waals surface area contributed by atoms with E-state index in [9.17, 15) is 4.39 Å². The molecule has 0 spiro atoms. The van der Waals surface area contributed by atoms with Crippen molar-refractivity contribution in [2.75, 3.05) is 10.6 Å². The number of thiazole rings is 1. The van der Waals surface area contributed by atoms with E-state index < -0.39 is 0 Å². The molecule has 4 aromatic rings. The quantitative estimate of drug-likeness (QED) is 0.394. The lowest BCUT2D eigenvalue weighted by atomic mass is 10.2. The molecule has 0 aliphatic rings. The highest BCUT2D eigenvalue weighted by Crippen LogP contribution is 2.29. The number of benzene rings is 1. The maximum atomic E-state index is 13.8. The number of aromatic nitrogens is 3. The van der Waals surface area contributed by atoms with Crippen molar-refractivity contribution in [3.8, 4) is 11.5 Å². The van der Waals surface area contributed by atoms with Gasteiger partial charge in [-0.2, -0.15) is 0 Å². The summed E-state index contributed by atoms with van der Waals surface area (Å²) >= 11 is 7.22. The largest absolute Gasteiger partial charge is 0.439 e. The second-order valence-electron chi connectivity index (χ2n) is 6.34. The molecule has 0 fully saturated rings. The highest BCUT2D eigenvalue weighted by molar-refractivity contribution is 7.14. The number of hydrogen-bond acceptors (Lipinski definition) is 7. The van der Waals surface area contributed by atoms with E-state index in [1.165, 1.54) is 17.4 Å². The summed E-state index contributed by atoms with van der Waals surface area (Å²) in [5.74, 6) is 1.57. The molecule has 0 aliphatic carbocycles. The van der Waals surface area contributed by atoms with E-state index in [1.807, 2.05) is 31.4 Å². The Kier molecular flexibility index (Phi) is 5.46. The van der Waals surface area contributed by atoms with Crippen LogP contribution in [0.1, 0.15) is 17.1 Å². The Balaban J connectivity index is 1.39. The third-order valence-corrected chi connectivity index (χ3v) is 5.11. The van der Waals surface area contributed by atoms with Gasteiger partial charge in [-0.1, -0.05) is 17.7 Å².